The molecule has 0 radical (unpaired) electrons. The van der Waals surface area contributed by atoms with Crippen molar-refractivity contribution < 1.29 is 4.74 Å². The monoisotopic (exact) mass is 253 g/mol. The van der Waals surface area contributed by atoms with E-state index in [2.05, 4.69) is 29.6 Å². The average Bonchev–Trinajstić information content (AvgIpc) is 2.95. The second-order valence-corrected chi connectivity index (χ2v) is 5.74. The van der Waals surface area contributed by atoms with Crippen molar-refractivity contribution >= 4 is 22.7 Å². The Morgan fingerprint density at radius 3 is 2.69 bits per heavy atom. The summed E-state index contributed by atoms with van der Waals surface area (Å²) in [4.78, 5) is 3.86. The maximum atomic E-state index is 5.63. The number of hydrogen-bond donors (Lipinski definition) is 1. The first kappa shape index (κ1) is 11.8. The highest BCUT2D eigenvalue weighted by atomic mass is 32.1. The number of rotatable bonds is 6. The van der Waals surface area contributed by atoms with Crippen LogP contribution in [0.3, 0.4) is 0 Å². The van der Waals surface area contributed by atoms with Gasteiger partial charge in [0.05, 0.1) is 13.2 Å². The second-order valence-electron chi connectivity index (χ2n) is 3.45. The van der Waals surface area contributed by atoms with E-state index in [1.54, 1.807) is 22.7 Å². The van der Waals surface area contributed by atoms with Gasteiger partial charge in [0.2, 0.25) is 0 Å². The molecule has 0 fully saturated rings. The first-order valence-electron chi connectivity index (χ1n) is 5.26. The van der Waals surface area contributed by atoms with Crippen molar-refractivity contribution in [1.82, 2.24) is 0 Å². The van der Waals surface area contributed by atoms with Gasteiger partial charge < -0.3 is 10.5 Å². The molecule has 2 nitrogen and oxygen atoms in total. The highest BCUT2D eigenvalue weighted by Crippen LogP contribution is 2.17. The van der Waals surface area contributed by atoms with Crippen LogP contribution in [0.4, 0.5) is 0 Å². The van der Waals surface area contributed by atoms with E-state index >= 15 is 0 Å². The zero-order chi connectivity index (χ0) is 11.2. The van der Waals surface area contributed by atoms with Gasteiger partial charge in [-0.15, -0.1) is 22.7 Å². The average molecular weight is 253 g/mol. The molecule has 0 atom stereocenters. The zero-order valence-electron chi connectivity index (χ0n) is 9.02. The van der Waals surface area contributed by atoms with Crippen molar-refractivity contribution in [3.63, 3.8) is 0 Å². The molecule has 2 aromatic heterocycles. The van der Waals surface area contributed by atoms with Crippen LogP contribution in [0.5, 0.6) is 0 Å². The predicted octanol–water partition coefficient (Wildman–Crippen LogP) is 3.03. The van der Waals surface area contributed by atoms with Crippen molar-refractivity contribution in [2.24, 2.45) is 5.73 Å². The molecule has 2 heterocycles. The summed E-state index contributed by atoms with van der Waals surface area (Å²) in [6.45, 7) is 2.12. The van der Waals surface area contributed by atoms with Crippen LogP contribution in [0.2, 0.25) is 0 Å². The molecule has 0 saturated heterocycles. The summed E-state index contributed by atoms with van der Waals surface area (Å²) in [6, 6.07) is 8.39. The van der Waals surface area contributed by atoms with Crippen molar-refractivity contribution in [3.8, 4) is 0 Å². The Labute approximate surface area is 104 Å². The molecule has 0 amide bonds. The summed E-state index contributed by atoms with van der Waals surface area (Å²) < 4.78 is 5.63. The highest BCUT2D eigenvalue weighted by Gasteiger charge is 1.99. The molecule has 0 aliphatic carbocycles. The molecule has 16 heavy (non-hydrogen) atoms. The molecule has 0 saturated carbocycles. The molecule has 0 aliphatic rings. The first-order chi connectivity index (χ1) is 7.88. The van der Waals surface area contributed by atoms with Crippen LogP contribution < -0.4 is 5.73 Å². The smallest absolute Gasteiger partial charge is 0.0809 e. The van der Waals surface area contributed by atoms with Crippen LogP contribution in [0.25, 0.3) is 0 Å². The Kier molecular flexibility index (Phi) is 4.54. The Morgan fingerprint density at radius 1 is 1.12 bits per heavy atom. The Morgan fingerprint density at radius 2 is 2.00 bits per heavy atom. The fourth-order valence-corrected chi connectivity index (χ4v) is 2.93. The lowest BCUT2D eigenvalue weighted by Gasteiger charge is -2.00. The molecule has 86 valence electrons. The van der Waals surface area contributed by atoms with Gasteiger partial charge in [-0.3, -0.25) is 0 Å². The minimum atomic E-state index is 0.625. The van der Waals surface area contributed by atoms with Crippen LogP contribution in [0.15, 0.2) is 29.6 Å². The Bertz CT molecular complexity index is 408. The van der Waals surface area contributed by atoms with E-state index in [1.807, 2.05) is 0 Å². The van der Waals surface area contributed by atoms with Gasteiger partial charge >= 0.3 is 0 Å². The molecule has 2 N–H and O–H groups in total. The lowest BCUT2D eigenvalue weighted by atomic mass is 10.4. The van der Waals surface area contributed by atoms with Crippen LogP contribution in [0.1, 0.15) is 14.6 Å². The summed E-state index contributed by atoms with van der Waals surface area (Å²) in [6.07, 6.45) is 1.01. The molecule has 0 aromatic carbocycles. The quantitative estimate of drug-likeness (QED) is 0.803. The third kappa shape index (κ3) is 3.42. The van der Waals surface area contributed by atoms with Gasteiger partial charge in [0.1, 0.15) is 0 Å². The van der Waals surface area contributed by atoms with E-state index in [1.165, 1.54) is 14.6 Å². The van der Waals surface area contributed by atoms with E-state index in [9.17, 15) is 0 Å². The molecule has 4 heteroatoms. The highest BCUT2D eigenvalue weighted by molar-refractivity contribution is 7.12. The third-order valence-electron chi connectivity index (χ3n) is 2.24. The van der Waals surface area contributed by atoms with Crippen molar-refractivity contribution in [1.29, 1.82) is 0 Å². The number of ether oxygens (including phenoxy) is 1. The van der Waals surface area contributed by atoms with Crippen LogP contribution >= 0.6 is 22.7 Å². The van der Waals surface area contributed by atoms with Crippen molar-refractivity contribution in [3.05, 3.63) is 44.3 Å². The van der Waals surface area contributed by atoms with E-state index in [0.29, 0.717) is 13.2 Å². The maximum absolute atomic E-state index is 5.63. The third-order valence-corrected chi connectivity index (χ3v) is 4.25. The fraction of sp³-hybridized carbons (Fsp3) is 0.333. The zero-order valence-corrected chi connectivity index (χ0v) is 10.7. The number of thiophene rings is 2. The van der Waals surface area contributed by atoms with E-state index < -0.39 is 0 Å². The fourth-order valence-electron chi connectivity index (χ4n) is 1.41. The topological polar surface area (TPSA) is 35.2 Å². The molecular weight excluding hydrogens is 238 g/mol. The standard InChI is InChI=1S/C12H15NOS2/c13-8-11-3-4-12(16-11)9-14-6-5-10-2-1-7-15-10/h1-4,7H,5-6,8-9,13H2. The van der Waals surface area contributed by atoms with E-state index in [-0.39, 0.29) is 0 Å². The van der Waals surface area contributed by atoms with Crippen molar-refractivity contribution in [2.45, 2.75) is 19.6 Å². The summed E-state index contributed by atoms with van der Waals surface area (Å²) in [7, 11) is 0. The summed E-state index contributed by atoms with van der Waals surface area (Å²) >= 11 is 3.52. The minimum absolute atomic E-state index is 0.625. The molecule has 2 aromatic rings. The number of nitrogens with two attached hydrogens (primary N) is 1. The van der Waals surface area contributed by atoms with Crippen LogP contribution in [0, 0.1) is 0 Å². The van der Waals surface area contributed by atoms with Crippen molar-refractivity contribution in [2.75, 3.05) is 6.61 Å². The maximum Gasteiger partial charge on any atom is 0.0809 e. The van der Waals surface area contributed by atoms with Gasteiger partial charge in [0.15, 0.2) is 0 Å². The van der Waals surface area contributed by atoms with Crippen LogP contribution in [-0.4, -0.2) is 6.61 Å². The number of hydrogen-bond acceptors (Lipinski definition) is 4. The van der Waals surface area contributed by atoms with Gasteiger partial charge in [-0.05, 0) is 23.6 Å². The van der Waals surface area contributed by atoms with E-state index in [4.69, 9.17) is 10.5 Å². The predicted molar refractivity (Wildman–Crippen MR) is 69.9 cm³/mol. The van der Waals surface area contributed by atoms with Crippen LogP contribution in [-0.2, 0) is 24.3 Å². The molecule has 2 rings (SSSR count). The van der Waals surface area contributed by atoms with Gasteiger partial charge in [-0.2, -0.15) is 0 Å². The second kappa shape index (κ2) is 6.15. The largest absolute Gasteiger partial charge is 0.376 e. The van der Waals surface area contributed by atoms with Gasteiger partial charge in [-0.25, -0.2) is 0 Å². The normalized spacial score (nSPS) is 10.8. The van der Waals surface area contributed by atoms with Gasteiger partial charge in [0.25, 0.3) is 0 Å². The summed E-state index contributed by atoms with van der Waals surface area (Å²) in [5.74, 6) is 0. The molecule has 0 unspecified atom stereocenters. The molecule has 0 bridgehead atoms. The minimum Gasteiger partial charge on any atom is -0.376 e. The SMILES string of the molecule is NCc1ccc(COCCc2cccs2)s1. The van der Waals surface area contributed by atoms with Gasteiger partial charge in [-0.1, -0.05) is 6.07 Å². The summed E-state index contributed by atoms with van der Waals surface area (Å²) in [5, 5.41) is 2.10. The van der Waals surface area contributed by atoms with Gasteiger partial charge in [0, 0.05) is 27.6 Å². The lowest BCUT2D eigenvalue weighted by molar-refractivity contribution is 0.126. The first-order valence-corrected chi connectivity index (χ1v) is 6.96. The molecular formula is C12H15NOS2. The Hall–Kier alpha value is -0.680. The van der Waals surface area contributed by atoms with E-state index in [0.717, 1.165) is 13.0 Å². The molecule has 0 aliphatic heterocycles. The Balaban J connectivity index is 1.68. The lowest BCUT2D eigenvalue weighted by Crippen LogP contribution is -1.96. The summed E-state index contributed by atoms with van der Waals surface area (Å²) in [5.41, 5.74) is 5.55. The molecule has 0 spiro atoms.